The number of unbranched alkanes of at least 4 members (excludes halogenated alkanes) is 1. The number of carbonyl (C=O) groups excluding carboxylic acids is 2. The minimum atomic E-state index is -0.708. The Hall–Kier alpha value is -2.87. The van der Waals surface area contributed by atoms with Crippen LogP contribution < -0.4 is 4.74 Å². The molecule has 2 fully saturated rings. The number of hydrogen-bond donors (Lipinski definition) is 1. The first kappa shape index (κ1) is 26.2. The maximum absolute atomic E-state index is 13.2. The summed E-state index contributed by atoms with van der Waals surface area (Å²) < 4.78 is 11.3. The lowest BCUT2D eigenvalue weighted by Gasteiger charge is -2.29. The smallest absolute Gasteiger partial charge is 0.295 e. The molecule has 0 bridgehead atoms. The van der Waals surface area contributed by atoms with Gasteiger partial charge in [0, 0.05) is 36.8 Å². The predicted octanol–water partition coefficient (Wildman–Crippen LogP) is 4.66. The van der Waals surface area contributed by atoms with Crippen molar-refractivity contribution >= 4 is 29.1 Å². The van der Waals surface area contributed by atoms with Crippen molar-refractivity contribution < 1.29 is 24.2 Å². The van der Waals surface area contributed by atoms with Crippen LogP contribution in [0.3, 0.4) is 0 Å². The zero-order valence-corrected chi connectivity index (χ0v) is 21.4. The van der Waals surface area contributed by atoms with Crippen molar-refractivity contribution in [1.82, 2.24) is 9.80 Å². The van der Waals surface area contributed by atoms with Gasteiger partial charge in [0.05, 0.1) is 31.4 Å². The van der Waals surface area contributed by atoms with Gasteiger partial charge < -0.3 is 19.5 Å². The van der Waals surface area contributed by atoms with Gasteiger partial charge in [-0.1, -0.05) is 37.1 Å². The van der Waals surface area contributed by atoms with Gasteiger partial charge in [0.25, 0.3) is 11.7 Å². The van der Waals surface area contributed by atoms with E-state index in [1.807, 2.05) is 24.3 Å². The van der Waals surface area contributed by atoms with E-state index in [0.717, 1.165) is 38.0 Å². The Labute approximate surface area is 217 Å². The van der Waals surface area contributed by atoms with Gasteiger partial charge in [-0.05, 0) is 54.8 Å². The van der Waals surface area contributed by atoms with E-state index in [2.05, 4.69) is 11.8 Å². The number of ether oxygens (including phenoxy) is 2. The Morgan fingerprint density at radius 3 is 2.56 bits per heavy atom. The molecule has 2 heterocycles. The van der Waals surface area contributed by atoms with E-state index in [4.69, 9.17) is 21.1 Å². The Bertz CT molecular complexity index is 1100. The van der Waals surface area contributed by atoms with Crippen LogP contribution in [0.25, 0.3) is 5.76 Å². The molecule has 8 heteroatoms. The minimum absolute atomic E-state index is 0.0828. The number of nitrogens with zero attached hydrogens (tertiary/aromatic N) is 2. The monoisotopic (exact) mass is 512 g/mol. The first-order valence-electron chi connectivity index (χ1n) is 12.6. The lowest BCUT2D eigenvalue weighted by molar-refractivity contribution is -0.140. The molecule has 1 amide bonds. The van der Waals surface area contributed by atoms with Crippen molar-refractivity contribution in [2.75, 3.05) is 46.0 Å². The SMILES string of the molecule is CCCCOc1cccc(C2/C(=C(\O)c3ccc(Cl)cc3)C(=O)C(=O)N2CCCN2CCOCC2)c1. The molecule has 2 saturated heterocycles. The summed E-state index contributed by atoms with van der Waals surface area (Å²) >= 11 is 6.01. The summed E-state index contributed by atoms with van der Waals surface area (Å²) in [6, 6.07) is 13.3. The van der Waals surface area contributed by atoms with Gasteiger partial charge in [0.2, 0.25) is 0 Å². The number of amides is 1. The molecule has 36 heavy (non-hydrogen) atoms. The summed E-state index contributed by atoms with van der Waals surface area (Å²) in [4.78, 5) is 30.3. The molecule has 0 radical (unpaired) electrons. The van der Waals surface area contributed by atoms with Crippen molar-refractivity contribution in [3.05, 3.63) is 70.3 Å². The third kappa shape index (κ3) is 6.09. The molecule has 2 aliphatic heterocycles. The maximum atomic E-state index is 13.2. The zero-order chi connectivity index (χ0) is 25.5. The Kier molecular flexibility index (Phi) is 9.02. The van der Waals surface area contributed by atoms with Crippen molar-refractivity contribution in [2.24, 2.45) is 0 Å². The number of rotatable bonds is 10. The molecule has 0 saturated carbocycles. The summed E-state index contributed by atoms with van der Waals surface area (Å²) in [6.45, 7) is 7.01. The summed E-state index contributed by atoms with van der Waals surface area (Å²) in [7, 11) is 0. The fourth-order valence-corrected chi connectivity index (χ4v) is 4.74. The molecule has 0 aromatic heterocycles. The maximum Gasteiger partial charge on any atom is 0.295 e. The van der Waals surface area contributed by atoms with E-state index >= 15 is 0 Å². The van der Waals surface area contributed by atoms with Crippen LogP contribution in [-0.2, 0) is 14.3 Å². The van der Waals surface area contributed by atoms with Gasteiger partial charge >= 0.3 is 0 Å². The molecule has 2 aromatic rings. The van der Waals surface area contributed by atoms with Crippen molar-refractivity contribution in [2.45, 2.75) is 32.2 Å². The summed E-state index contributed by atoms with van der Waals surface area (Å²) in [5, 5.41) is 11.7. The second kappa shape index (κ2) is 12.4. The van der Waals surface area contributed by atoms with Crippen molar-refractivity contribution in [3.63, 3.8) is 0 Å². The number of halogens is 1. The Morgan fingerprint density at radius 1 is 1.08 bits per heavy atom. The van der Waals surface area contributed by atoms with Crippen molar-refractivity contribution in [1.29, 1.82) is 0 Å². The largest absolute Gasteiger partial charge is 0.507 e. The van der Waals surface area contributed by atoms with E-state index in [1.165, 1.54) is 0 Å². The number of morpholine rings is 1. The number of likely N-dealkylation sites (tertiary alicyclic amines) is 1. The molecule has 2 aliphatic rings. The van der Waals surface area contributed by atoms with Gasteiger partial charge in [-0.25, -0.2) is 0 Å². The summed E-state index contributed by atoms with van der Waals surface area (Å²) in [6.07, 6.45) is 2.65. The van der Waals surface area contributed by atoms with Crippen LogP contribution in [0.2, 0.25) is 5.02 Å². The van der Waals surface area contributed by atoms with Crippen LogP contribution in [0, 0.1) is 0 Å². The fourth-order valence-electron chi connectivity index (χ4n) is 4.62. The topological polar surface area (TPSA) is 79.3 Å². The molecule has 1 unspecified atom stereocenters. The van der Waals surface area contributed by atoms with E-state index in [1.54, 1.807) is 29.2 Å². The minimum Gasteiger partial charge on any atom is -0.507 e. The van der Waals surface area contributed by atoms with Gasteiger partial charge in [-0.2, -0.15) is 0 Å². The molecule has 7 nitrogen and oxygen atoms in total. The predicted molar refractivity (Wildman–Crippen MR) is 139 cm³/mol. The molecule has 192 valence electrons. The highest BCUT2D eigenvalue weighted by Crippen LogP contribution is 2.40. The Balaban J connectivity index is 1.66. The zero-order valence-electron chi connectivity index (χ0n) is 20.6. The van der Waals surface area contributed by atoms with Crippen LogP contribution in [0.15, 0.2) is 54.1 Å². The summed E-state index contributed by atoms with van der Waals surface area (Å²) in [5.74, 6) is -0.819. The molecule has 1 atom stereocenters. The third-order valence-electron chi connectivity index (χ3n) is 6.58. The lowest BCUT2D eigenvalue weighted by atomic mass is 9.95. The number of carbonyl (C=O) groups is 2. The number of aliphatic hydroxyl groups is 1. The van der Waals surface area contributed by atoms with E-state index in [-0.39, 0.29) is 11.3 Å². The standard InChI is InChI=1S/C28H33ClN2O5/c1-2-3-16-36-23-7-4-6-21(19-23)25-24(26(32)20-8-10-22(29)11-9-20)27(33)28(34)31(25)13-5-12-30-14-17-35-18-15-30/h4,6-11,19,25,32H,2-3,5,12-18H2,1H3/b26-24+. The van der Waals surface area contributed by atoms with Crippen LogP contribution in [0.4, 0.5) is 0 Å². The van der Waals surface area contributed by atoms with Gasteiger partial charge in [0.1, 0.15) is 11.5 Å². The highest BCUT2D eigenvalue weighted by molar-refractivity contribution is 6.46. The number of hydrogen-bond acceptors (Lipinski definition) is 6. The number of benzene rings is 2. The number of Topliss-reactive ketones (excluding diaryl/α,β-unsaturated/α-hetero) is 1. The highest BCUT2D eigenvalue weighted by atomic mass is 35.5. The lowest BCUT2D eigenvalue weighted by Crippen LogP contribution is -2.38. The van der Waals surface area contributed by atoms with Crippen LogP contribution >= 0.6 is 11.6 Å². The highest BCUT2D eigenvalue weighted by Gasteiger charge is 2.46. The second-order valence-corrected chi connectivity index (χ2v) is 9.52. The molecule has 4 rings (SSSR count). The molecule has 0 aliphatic carbocycles. The quantitative estimate of drug-likeness (QED) is 0.216. The van der Waals surface area contributed by atoms with Crippen molar-refractivity contribution in [3.8, 4) is 5.75 Å². The first-order chi connectivity index (χ1) is 17.5. The van der Waals surface area contributed by atoms with Crippen LogP contribution in [0.5, 0.6) is 5.75 Å². The fraction of sp³-hybridized carbons (Fsp3) is 0.429. The summed E-state index contributed by atoms with van der Waals surface area (Å²) in [5.41, 5.74) is 1.25. The molecule has 0 spiro atoms. The van der Waals surface area contributed by atoms with E-state index in [9.17, 15) is 14.7 Å². The van der Waals surface area contributed by atoms with Gasteiger partial charge in [-0.3, -0.25) is 14.5 Å². The molecular formula is C28H33ClN2O5. The molecule has 2 aromatic carbocycles. The normalized spacial score (nSPS) is 20.2. The van der Waals surface area contributed by atoms with E-state index in [0.29, 0.717) is 49.1 Å². The average Bonchev–Trinajstić information content (AvgIpc) is 3.15. The average molecular weight is 513 g/mol. The Morgan fingerprint density at radius 2 is 1.83 bits per heavy atom. The number of aliphatic hydroxyl groups excluding tert-OH is 1. The van der Waals surface area contributed by atoms with Crippen LogP contribution in [-0.4, -0.2) is 72.6 Å². The third-order valence-corrected chi connectivity index (χ3v) is 6.83. The molecule has 1 N–H and O–H groups in total. The van der Waals surface area contributed by atoms with Gasteiger partial charge in [0.15, 0.2) is 0 Å². The number of ketones is 1. The molecular weight excluding hydrogens is 480 g/mol. The second-order valence-electron chi connectivity index (χ2n) is 9.08. The van der Waals surface area contributed by atoms with Gasteiger partial charge in [-0.15, -0.1) is 0 Å². The van der Waals surface area contributed by atoms with Crippen LogP contribution in [0.1, 0.15) is 43.4 Å². The van der Waals surface area contributed by atoms with E-state index < -0.39 is 17.7 Å². The first-order valence-corrected chi connectivity index (χ1v) is 12.9.